The molecule has 0 aromatic carbocycles. The Labute approximate surface area is 211 Å². The molecule has 16 heteroatoms. The first-order chi connectivity index (χ1) is 18.0. The van der Waals surface area contributed by atoms with Crippen LogP contribution in [-0.4, -0.2) is 98.6 Å². The second-order valence-electron chi connectivity index (χ2n) is 8.47. The number of aromatic nitrogens is 4. The molecule has 2 aliphatic rings. The first-order valence-corrected chi connectivity index (χ1v) is 11.0. The molecule has 8 N–H and O–H groups in total. The number of rotatable bonds is 4. The van der Waals surface area contributed by atoms with E-state index in [0.717, 1.165) is 33.7 Å². The van der Waals surface area contributed by atoms with Crippen molar-refractivity contribution in [2.24, 2.45) is 0 Å². The Morgan fingerprint density at radius 2 is 1.13 bits per heavy atom. The summed E-state index contributed by atoms with van der Waals surface area (Å²) in [6.07, 6.45) is -7.95. The summed E-state index contributed by atoms with van der Waals surface area (Å²) in [5, 5.41) is 62.5. The number of nitrogens with one attached hydrogen (secondary N) is 2. The number of ether oxygens (including phenoxy) is 2. The van der Waals surface area contributed by atoms with Crippen LogP contribution in [0.15, 0.2) is 43.7 Å². The number of hydrogen-bond acceptors (Lipinski definition) is 12. The normalized spacial score (nSPS) is 34.3. The van der Waals surface area contributed by atoms with Gasteiger partial charge in [-0.2, -0.15) is 0 Å². The van der Waals surface area contributed by atoms with E-state index in [2.05, 4.69) is 23.7 Å². The molecule has 2 saturated heterocycles. The number of aliphatic hydroxyl groups excluding tert-OH is 4. The van der Waals surface area contributed by atoms with E-state index in [0.29, 0.717) is 0 Å². The van der Waals surface area contributed by atoms with Gasteiger partial charge in [-0.15, -0.1) is 0 Å². The third-order valence-electron chi connectivity index (χ3n) is 6.20. The zero-order chi connectivity index (χ0) is 27.8. The van der Waals surface area contributed by atoms with Gasteiger partial charge in [0.2, 0.25) is 0 Å². The third kappa shape index (κ3) is 4.52. The SMILES string of the molecule is O=c1ccn([C@@H]2O[C@H](CO)[C@](O)(C#CC#C[C@@]3(O)[C@@H](CO)O[C@@H](n4ccc(=O)[nH]c4=O)[C@@H]3O)[C@H]2O)c(=O)[nH]1. The van der Waals surface area contributed by atoms with Gasteiger partial charge in [-0.1, -0.05) is 0 Å². The minimum Gasteiger partial charge on any atom is -0.394 e. The standard InChI is InChI=1S/C22H22N4O12/c27-9-11-21(35,15(31)17(37-11)25-7-3-13(29)23-19(25)33)5-1-2-6-22(36)12(10-28)38-18(16(22)32)26-8-4-14(30)24-20(26)34/h3-4,7-8,11-12,15-18,27-28,31-32,35-36H,9-10H2,(H,23,29,33)(H,24,30,34)/t11-,12-,15+,16+,17-,18-,21-,22-/m1/s1. The van der Waals surface area contributed by atoms with Crippen LogP contribution < -0.4 is 22.5 Å². The minimum absolute atomic E-state index is 0.715. The number of hydrogen-bond donors (Lipinski definition) is 8. The van der Waals surface area contributed by atoms with E-state index in [9.17, 15) is 49.8 Å². The van der Waals surface area contributed by atoms with Crippen LogP contribution in [0.2, 0.25) is 0 Å². The second-order valence-corrected chi connectivity index (χ2v) is 8.47. The van der Waals surface area contributed by atoms with Gasteiger partial charge >= 0.3 is 11.4 Å². The van der Waals surface area contributed by atoms with E-state index in [4.69, 9.17) is 9.47 Å². The molecule has 0 radical (unpaired) electrons. The molecular weight excluding hydrogens is 512 g/mol. The average molecular weight is 534 g/mol. The maximum absolute atomic E-state index is 12.1. The summed E-state index contributed by atoms with van der Waals surface area (Å²) in [6, 6.07) is 1.95. The average Bonchev–Trinajstić information content (AvgIpc) is 3.27. The highest BCUT2D eigenvalue weighted by Gasteiger charge is 2.56. The lowest BCUT2D eigenvalue weighted by Gasteiger charge is -2.24. The highest BCUT2D eigenvalue weighted by Crippen LogP contribution is 2.37. The van der Waals surface area contributed by atoms with Crippen molar-refractivity contribution in [3.05, 3.63) is 66.2 Å². The summed E-state index contributed by atoms with van der Waals surface area (Å²) < 4.78 is 12.3. The predicted octanol–water partition coefficient (Wildman–Crippen LogP) is -5.94. The molecule has 16 nitrogen and oxygen atoms in total. The first-order valence-electron chi connectivity index (χ1n) is 11.0. The quantitative estimate of drug-likeness (QED) is 0.171. The molecule has 2 aromatic rings. The molecular formula is C22H22N4O12. The van der Waals surface area contributed by atoms with Crippen LogP contribution in [0.1, 0.15) is 12.5 Å². The largest absolute Gasteiger partial charge is 0.394 e. The molecule has 2 aliphatic heterocycles. The van der Waals surface area contributed by atoms with Crippen LogP contribution in [-0.2, 0) is 9.47 Å². The number of aromatic amines is 2. The lowest BCUT2D eigenvalue weighted by atomic mass is 9.92. The highest BCUT2D eigenvalue weighted by molar-refractivity contribution is 5.37. The van der Waals surface area contributed by atoms with Crippen LogP contribution in [0.4, 0.5) is 0 Å². The molecule has 4 rings (SSSR count). The van der Waals surface area contributed by atoms with E-state index in [1.165, 1.54) is 0 Å². The molecule has 4 heterocycles. The van der Waals surface area contributed by atoms with Crippen molar-refractivity contribution < 1.29 is 40.1 Å². The molecule has 0 amide bonds. The Bertz CT molecular complexity index is 1450. The predicted molar refractivity (Wildman–Crippen MR) is 122 cm³/mol. The Hall–Kier alpha value is -3.84. The van der Waals surface area contributed by atoms with Crippen molar-refractivity contribution in [2.45, 2.75) is 48.1 Å². The van der Waals surface area contributed by atoms with Crippen LogP contribution in [0.5, 0.6) is 0 Å². The molecule has 2 fully saturated rings. The maximum atomic E-state index is 12.1. The number of H-pyrrole nitrogens is 2. The molecule has 2 aromatic heterocycles. The van der Waals surface area contributed by atoms with E-state index >= 15 is 0 Å². The Kier molecular flexibility index (Phi) is 7.26. The van der Waals surface area contributed by atoms with Crippen LogP contribution >= 0.6 is 0 Å². The van der Waals surface area contributed by atoms with Crippen LogP contribution in [0.3, 0.4) is 0 Å². The Balaban J connectivity index is 1.63. The van der Waals surface area contributed by atoms with Gasteiger partial charge in [0.1, 0.15) is 24.4 Å². The van der Waals surface area contributed by atoms with Gasteiger partial charge < -0.3 is 40.1 Å². The second kappa shape index (κ2) is 10.1. The third-order valence-corrected chi connectivity index (χ3v) is 6.20. The van der Waals surface area contributed by atoms with Crippen molar-refractivity contribution >= 4 is 0 Å². The summed E-state index contributed by atoms with van der Waals surface area (Å²) >= 11 is 0. The smallest absolute Gasteiger partial charge is 0.330 e. The molecule has 0 saturated carbocycles. The molecule has 0 bridgehead atoms. The number of nitrogens with zero attached hydrogens (tertiary/aromatic N) is 2. The summed E-state index contributed by atoms with van der Waals surface area (Å²) in [6.45, 7) is -1.69. The van der Waals surface area contributed by atoms with Gasteiger partial charge in [0.15, 0.2) is 23.7 Å². The number of aliphatic hydroxyl groups is 6. The van der Waals surface area contributed by atoms with E-state index in [1.54, 1.807) is 0 Å². The topological polar surface area (TPSA) is 250 Å². The maximum Gasteiger partial charge on any atom is 0.330 e. The monoisotopic (exact) mass is 534 g/mol. The summed E-state index contributed by atoms with van der Waals surface area (Å²) in [4.78, 5) is 50.7. The van der Waals surface area contributed by atoms with Crippen molar-refractivity contribution in [1.82, 2.24) is 19.1 Å². The minimum atomic E-state index is -2.47. The Morgan fingerprint density at radius 1 is 0.763 bits per heavy atom. The van der Waals surface area contributed by atoms with Crippen molar-refractivity contribution in [3.8, 4) is 23.7 Å². The zero-order valence-corrected chi connectivity index (χ0v) is 19.2. The van der Waals surface area contributed by atoms with Gasteiger partial charge in [-0.3, -0.25) is 28.7 Å². The van der Waals surface area contributed by atoms with Crippen LogP contribution in [0.25, 0.3) is 0 Å². The molecule has 38 heavy (non-hydrogen) atoms. The van der Waals surface area contributed by atoms with E-state index < -0.39 is 83.8 Å². The summed E-state index contributed by atoms with van der Waals surface area (Å²) in [7, 11) is 0. The zero-order valence-electron chi connectivity index (χ0n) is 19.2. The van der Waals surface area contributed by atoms with Crippen molar-refractivity contribution in [2.75, 3.05) is 13.2 Å². The fraction of sp³-hybridized carbons (Fsp3) is 0.455. The molecule has 0 unspecified atom stereocenters. The molecule has 0 spiro atoms. The van der Waals surface area contributed by atoms with E-state index in [1.807, 2.05) is 9.97 Å². The van der Waals surface area contributed by atoms with Crippen molar-refractivity contribution in [1.29, 1.82) is 0 Å². The Morgan fingerprint density at radius 3 is 1.45 bits per heavy atom. The van der Waals surface area contributed by atoms with Gasteiger partial charge in [0, 0.05) is 24.5 Å². The summed E-state index contributed by atoms with van der Waals surface area (Å²) in [5.41, 5.74) is -8.30. The van der Waals surface area contributed by atoms with Gasteiger partial charge in [0.25, 0.3) is 11.1 Å². The molecule has 202 valence electrons. The highest BCUT2D eigenvalue weighted by atomic mass is 16.6. The van der Waals surface area contributed by atoms with E-state index in [-0.39, 0.29) is 0 Å². The first kappa shape index (κ1) is 27.2. The fourth-order valence-electron chi connectivity index (χ4n) is 4.14. The van der Waals surface area contributed by atoms with Gasteiger partial charge in [0.05, 0.1) is 13.2 Å². The fourth-order valence-corrected chi connectivity index (χ4v) is 4.14. The lowest BCUT2D eigenvalue weighted by Crippen LogP contribution is -2.49. The molecule has 8 atom stereocenters. The molecule has 0 aliphatic carbocycles. The van der Waals surface area contributed by atoms with Gasteiger partial charge in [-0.25, -0.2) is 9.59 Å². The van der Waals surface area contributed by atoms with Crippen LogP contribution in [0, 0.1) is 23.7 Å². The van der Waals surface area contributed by atoms with Gasteiger partial charge in [-0.05, 0) is 23.7 Å². The van der Waals surface area contributed by atoms with Crippen molar-refractivity contribution in [3.63, 3.8) is 0 Å². The lowest BCUT2D eigenvalue weighted by molar-refractivity contribution is -0.0626. The summed E-state index contributed by atoms with van der Waals surface area (Å²) in [5.74, 6) is 8.74.